The zero-order valence-corrected chi connectivity index (χ0v) is 35.6. The third kappa shape index (κ3) is 41.2. The van der Waals surface area contributed by atoms with Gasteiger partial charge < -0.3 is 14.2 Å². The normalized spacial score (nSPS) is 13.1. The number of ether oxygens (including phenoxy) is 3. The van der Waals surface area contributed by atoms with Gasteiger partial charge in [-0.3, -0.25) is 14.4 Å². The molecule has 0 aromatic carbocycles. The number of hydrogen-bond acceptors (Lipinski definition) is 6. The van der Waals surface area contributed by atoms with Crippen LogP contribution in [0.15, 0.2) is 109 Å². The molecule has 0 N–H and O–H groups in total. The predicted molar refractivity (Wildman–Crippen MR) is 237 cm³/mol. The van der Waals surface area contributed by atoms with Crippen LogP contribution >= 0.6 is 0 Å². The van der Waals surface area contributed by atoms with Gasteiger partial charge in [0.05, 0.1) is 0 Å². The van der Waals surface area contributed by atoms with Crippen LogP contribution < -0.4 is 0 Å². The number of rotatable bonds is 37. The third-order valence-corrected chi connectivity index (χ3v) is 8.65. The van der Waals surface area contributed by atoms with Gasteiger partial charge >= 0.3 is 17.9 Å². The summed E-state index contributed by atoms with van der Waals surface area (Å²) in [6, 6.07) is 0. The molecule has 0 bridgehead atoms. The van der Waals surface area contributed by atoms with Crippen molar-refractivity contribution in [3.63, 3.8) is 0 Å². The molecule has 6 nitrogen and oxygen atoms in total. The molecule has 0 aromatic rings. The van der Waals surface area contributed by atoms with Gasteiger partial charge in [-0.25, -0.2) is 0 Å². The molecule has 0 heterocycles. The number of allylic oxidation sites excluding steroid dienone is 18. The second-order valence-corrected chi connectivity index (χ2v) is 14.0. The minimum Gasteiger partial charge on any atom is -0.462 e. The topological polar surface area (TPSA) is 78.9 Å². The maximum Gasteiger partial charge on any atom is 0.306 e. The van der Waals surface area contributed by atoms with Crippen molar-refractivity contribution in [3.8, 4) is 0 Å². The van der Waals surface area contributed by atoms with Crippen LogP contribution in [-0.2, 0) is 28.6 Å². The second kappa shape index (κ2) is 43.8. The van der Waals surface area contributed by atoms with E-state index >= 15 is 0 Å². The quantitative estimate of drug-likeness (QED) is 0.0206. The van der Waals surface area contributed by atoms with E-state index in [-0.39, 0.29) is 31.1 Å². The summed E-state index contributed by atoms with van der Waals surface area (Å²) in [7, 11) is 0. The molecule has 0 saturated carbocycles. The highest BCUT2D eigenvalue weighted by atomic mass is 16.6. The first-order valence-corrected chi connectivity index (χ1v) is 22.0. The first-order valence-electron chi connectivity index (χ1n) is 22.0. The van der Waals surface area contributed by atoms with Gasteiger partial charge in [0.25, 0.3) is 0 Å². The van der Waals surface area contributed by atoms with E-state index < -0.39 is 6.10 Å². The smallest absolute Gasteiger partial charge is 0.306 e. The average Bonchev–Trinajstić information content (AvgIpc) is 3.19. The van der Waals surface area contributed by atoms with Crippen LogP contribution in [0.5, 0.6) is 0 Å². The summed E-state index contributed by atoms with van der Waals surface area (Å²) < 4.78 is 16.6. The number of carbonyl (C=O) groups excluding carboxylic acids is 3. The Morgan fingerprint density at radius 3 is 1.32 bits per heavy atom. The fourth-order valence-electron chi connectivity index (χ4n) is 5.36. The Balaban J connectivity index is 4.55. The Hall–Kier alpha value is -3.93. The van der Waals surface area contributed by atoms with E-state index in [9.17, 15) is 14.4 Å². The monoisotopic (exact) mass is 775 g/mol. The van der Waals surface area contributed by atoms with Crippen molar-refractivity contribution in [3.05, 3.63) is 109 Å². The van der Waals surface area contributed by atoms with Crippen molar-refractivity contribution in [1.29, 1.82) is 0 Å². The molecule has 0 rings (SSSR count). The SMILES string of the molecule is CC\C=C/C=C\C=C/C=C\C=C/CCCCCC(=O)OCC(COC(=O)CCCCC/C=C\C=C/CCCC)OC(=O)CCCCCCC/C=C\C/C=C\CC. The highest BCUT2D eigenvalue weighted by Gasteiger charge is 2.19. The molecule has 314 valence electrons. The minimum atomic E-state index is -0.813. The molecule has 0 aliphatic rings. The summed E-state index contributed by atoms with van der Waals surface area (Å²) in [4.78, 5) is 37.7. The van der Waals surface area contributed by atoms with Gasteiger partial charge in [-0.1, -0.05) is 175 Å². The van der Waals surface area contributed by atoms with Crippen molar-refractivity contribution in [2.45, 2.75) is 175 Å². The van der Waals surface area contributed by atoms with Crippen molar-refractivity contribution >= 4 is 17.9 Å². The highest BCUT2D eigenvalue weighted by Crippen LogP contribution is 2.12. The van der Waals surface area contributed by atoms with Crippen molar-refractivity contribution in [2.75, 3.05) is 13.2 Å². The average molecular weight is 775 g/mol. The van der Waals surface area contributed by atoms with Crippen molar-refractivity contribution < 1.29 is 28.6 Å². The second-order valence-electron chi connectivity index (χ2n) is 14.0. The van der Waals surface area contributed by atoms with Gasteiger partial charge in [-0.2, -0.15) is 0 Å². The Morgan fingerprint density at radius 1 is 0.393 bits per heavy atom. The molecule has 1 atom stereocenters. The van der Waals surface area contributed by atoms with E-state index in [0.717, 1.165) is 116 Å². The van der Waals surface area contributed by atoms with Gasteiger partial charge in [0.2, 0.25) is 0 Å². The zero-order chi connectivity index (χ0) is 40.8. The molecule has 56 heavy (non-hydrogen) atoms. The number of esters is 3. The molecule has 1 unspecified atom stereocenters. The summed E-state index contributed by atoms with van der Waals surface area (Å²) in [6.45, 7) is 6.22. The van der Waals surface area contributed by atoms with Crippen LogP contribution in [0.1, 0.15) is 168 Å². The molecule has 0 aromatic heterocycles. The maximum absolute atomic E-state index is 12.7. The molecule has 0 spiro atoms. The fraction of sp³-hybridized carbons (Fsp3) is 0.580. The minimum absolute atomic E-state index is 0.115. The lowest BCUT2D eigenvalue weighted by Gasteiger charge is -2.18. The van der Waals surface area contributed by atoms with Crippen LogP contribution in [0.2, 0.25) is 0 Å². The lowest BCUT2D eigenvalue weighted by Crippen LogP contribution is -2.30. The molecule has 0 amide bonds. The standard InChI is InChI=1S/C50H78O6/c1-4-7-10-13-16-19-22-24-25-26-29-31-34-37-40-43-49(52)55-46-47(45-54-48(51)42-39-36-33-30-27-21-18-15-12-9-6-3)56-50(53)44-41-38-35-32-28-23-20-17-14-11-8-5-2/h7-8,10-11,13,15-22,24-27,29,47H,4-6,9,12,14,23,28,30-46H2,1-3H3/b10-7-,11-8-,16-13-,18-15-,20-17-,22-19-,25-24-,27-21-,29-26-. The zero-order valence-electron chi connectivity index (χ0n) is 35.6. The molecule has 0 aliphatic heterocycles. The summed E-state index contributed by atoms with van der Waals surface area (Å²) in [5.41, 5.74) is 0. The number of unbranched alkanes of at least 4 members (excludes halogenated alkanes) is 13. The Labute approximate surface area is 342 Å². The van der Waals surface area contributed by atoms with Crippen LogP contribution in [0.3, 0.4) is 0 Å². The van der Waals surface area contributed by atoms with Gasteiger partial charge in [0, 0.05) is 19.3 Å². The van der Waals surface area contributed by atoms with E-state index in [4.69, 9.17) is 14.2 Å². The molecule has 6 heteroatoms. The fourth-order valence-corrected chi connectivity index (χ4v) is 5.36. The first-order chi connectivity index (χ1) is 27.5. The lowest BCUT2D eigenvalue weighted by atomic mass is 10.1. The molecule has 0 saturated heterocycles. The Kier molecular flexibility index (Phi) is 40.7. The number of carbonyl (C=O) groups is 3. The van der Waals surface area contributed by atoms with Gasteiger partial charge in [-0.05, 0) is 83.5 Å². The molecular formula is C50H78O6. The highest BCUT2D eigenvalue weighted by molar-refractivity contribution is 5.71. The third-order valence-electron chi connectivity index (χ3n) is 8.65. The van der Waals surface area contributed by atoms with Crippen LogP contribution in [0.4, 0.5) is 0 Å². The maximum atomic E-state index is 12.7. The Morgan fingerprint density at radius 2 is 0.786 bits per heavy atom. The number of hydrogen-bond donors (Lipinski definition) is 0. The van der Waals surface area contributed by atoms with Crippen LogP contribution in [0, 0.1) is 0 Å². The van der Waals surface area contributed by atoms with E-state index in [1.165, 1.54) is 12.8 Å². The lowest BCUT2D eigenvalue weighted by molar-refractivity contribution is -0.167. The first kappa shape index (κ1) is 52.1. The van der Waals surface area contributed by atoms with Gasteiger partial charge in [0.15, 0.2) is 6.10 Å². The van der Waals surface area contributed by atoms with Crippen molar-refractivity contribution in [1.82, 2.24) is 0 Å². The van der Waals surface area contributed by atoms with E-state index in [1.807, 2.05) is 48.6 Å². The van der Waals surface area contributed by atoms with E-state index in [0.29, 0.717) is 19.3 Å². The molecular weight excluding hydrogens is 697 g/mol. The van der Waals surface area contributed by atoms with Gasteiger partial charge in [-0.15, -0.1) is 0 Å². The van der Waals surface area contributed by atoms with Crippen molar-refractivity contribution in [2.24, 2.45) is 0 Å². The van der Waals surface area contributed by atoms with E-state index in [1.54, 1.807) is 0 Å². The largest absolute Gasteiger partial charge is 0.462 e. The van der Waals surface area contributed by atoms with Crippen LogP contribution in [0.25, 0.3) is 0 Å². The van der Waals surface area contributed by atoms with E-state index in [2.05, 4.69) is 81.5 Å². The van der Waals surface area contributed by atoms with Gasteiger partial charge in [0.1, 0.15) is 13.2 Å². The summed E-state index contributed by atoms with van der Waals surface area (Å²) >= 11 is 0. The molecule has 0 radical (unpaired) electrons. The van der Waals surface area contributed by atoms with Crippen LogP contribution in [-0.4, -0.2) is 37.2 Å². The Bertz CT molecular complexity index is 1210. The summed E-state index contributed by atoms with van der Waals surface area (Å²) in [6.07, 6.45) is 57.8. The summed E-state index contributed by atoms with van der Waals surface area (Å²) in [5, 5.41) is 0. The summed E-state index contributed by atoms with van der Waals surface area (Å²) in [5.74, 6) is -1.01. The predicted octanol–water partition coefficient (Wildman–Crippen LogP) is 14.0. The molecule has 0 fully saturated rings. The molecule has 0 aliphatic carbocycles.